The van der Waals surface area contributed by atoms with Crippen LogP contribution >= 0.6 is 0 Å². The SMILES string of the molecule is Cc1cccc(C)c1NC(=O)CC(=O)NCCCN(C)C. The molecule has 5 heteroatoms. The minimum atomic E-state index is -0.280. The van der Waals surface area contributed by atoms with Crippen molar-refractivity contribution in [1.29, 1.82) is 0 Å². The summed E-state index contributed by atoms with van der Waals surface area (Å²) in [7, 11) is 3.97. The first-order chi connectivity index (χ1) is 9.90. The molecule has 0 heterocycles. The zero-order valence-electron chi connectivity index (χ0n) is 13.3. The Labute approximate surface area is 126 Å². The van der Waals surface area contributed by atoms with Crippen LogP contribution in [-0.2, 0) is 9.59 Å². The lowest BCUT2D eigenvalue weighted by Gasteiger charge is -2.12. The highest BCUT2D eigenvalue weighted by Gasteiger charge is 2.11. The van der Waals surface area contributed by atoms with Crippen molar-refractivity contribution in [2.45, 2.75) is 26.7 Å². The van der Waals surface area contributed by atoms with Gasteiger partial charge in [0.05, 0.1) is 0 Å². The van der Waals surface area contributed by atoms with Crippen molar-refractivity contribution in [2.24, 2.45) is 0 Å². The Balaban J connectivity index is 2.38. The summed E-state index contributed by atoms with van der Waals surface area (Å²) in [4.78, 5) is 25.6. The van der Waals surface area contributed by atoms with Crippen LogP contribution < -0.4 is 10.6 Å². The third kappa shape index (κ3) is 6.40. The summed E-state index contributed by atoms with van der Waals surface area (Å²) in [6.45, 7) is 5.37. The number of anilines is 1. The van der Waals surface area contributed by atoms with Crippen LogP contribution in [-0.4, -0.2) is 43.9 Å². The van der Waals surface area contributed by atoms with E-state index in [0.29, 0.717) is 6.54 Å². The van der Waals surface area contributed by atoms with E-state index < -0.39 is 0 Å². The molecule has 2 N–H and O–H groups in total. The van der Waals surface area contributed by atoms with Crippen molar-refractivity contribution in [3.63, 3.8) is 0 Å². The van der Waals surface area contributed by atoms with E-state index in [0.717, 1.165) is 29.8 Å². The van der Waals surface area contributed by atoms with Gasteiger partial charge in [-0.2, -0.15) is 0 Å². The van der Waals surface area contributed by atoms with Crippen molar-refractivity contribution < 1.29 is 9.59 Å². The Hall–Kier alpha value is -1.88. The van der Waals surface area contributed by atoms with Crippen molar-refractivity contribution in [2.75, 3.05) is 32.5 Å². The first-order valence-corrected chi connectivity index (χ1v) is 7.17. The normalized spacial score (nSPS) is 10.5. The zero-order chi connectivity index (χ0) is 15.8. The number of nitrogens with zero attached hydrogens (tertiary/aromatic N) is 1. The predicted octanol–water partition coefficient (Wildman–Crippen LogP) is 1.70. The van der Waals surface area contributed by atoms with Gasteiger partial charge in [0.25, 0.3) is 0 Å². The molecule has 0 saturated heterocycles. The lowest BCUT2D eigenvalue weighted by atomic mass is 10.1. The summed E-state index contributed by atoms with van der Waals surface area (Å²) >= 11 is 0. The van der Waals surface area contributed by atoms with Gasteiger partial charge >= 0.3 is 0 Å². The molecule has 0 bridgehead atoms. The van der Waals surface area contributed by atoms with Crippen molar-refractivity contribution in [3.05, 3.63) is 29.3 Å². The highest BCUT2D eigenvalue weighted by molar-refractivity contribution is 6.04. The molecule has 0 aromatic heterocycles. The number of hydrogen-bond acceptors (Lipinski definition) is 3. The van der Waals surface area contributed by atoms with Crippen LogP contribution in [0.4, 0.5) is 5.69 Å². The summed E-state index contributed by atoms with van der Waals surface area (Å²) in [5.74, 6) is -0.519. The molecule has 1 aromatic rings. The van der Waals surface area contributed by atoms with Crippen LogP contribution in [0.5, 0.6) is 0 Å². The number of carbonyl (C=O) groups excluding carboxylic acids is 2. The molecule has 116 valence electrons. The Morgan fingerprint density at radius 1 is 1.10 bits per heavy atom. The first-order valence-electron chi connectivity index (χ1n) is 7.17. The van der Waals surface area contributed by atoms with Gasteiger partial charge < -0.3 is 15.5 Å². The molecule has 1 aromatic carbocycles. The Morgan fingerprint density at radius 3 is 2.29 bits per heavy atom. The fourth-order valence-electron chi connectivity index (χ4n) is 2.03. The molecule has 21 heavy (non-hydrogen) atoms. The maximum Gasteiger partial charge on any atom is 0.233 e. The number of aryl methyl sites for hydroxylation is 2. The van der Waals surface area contributed by atoms with Crippen LogP contribution in [0.1, 0.15) is 24.0 Å². The molecule has 1 rings (SSSR count). The monoisotopic (exact) mass is 291 g/mol. The number of rotatable bonds is 7. The fraction of sp³-hybridized carbons (Fsp3) is 0.500. The van der Waals surface area contributed by atoms with E-state index >= 15 is 0 Å². The fourth-order valence-corrected chi connectivity index (χ4v) is 2.03. The van der Waals surface area contributed by atoms with Crippen LogP contribution in [0.2, 0.25) is 0 Å². The van der Waals surface area contributed by atoms with E-state index in [9.17, 15) is 9.59 Å². The lowest BCUT2D eigenvalue weighted by Crippen LogP contribution is -2.30. The number of hydrogen-bond donors (Lipinski definition) is 2. The Morgan fingerprint density at radius 2 is 1.71 bits per heavy atom. The summed E-state index contributed by atoms with van der Waals surface area (Å²) in [6.07, 6.45) is 0.729. The van der Waals surface area contributed by atoms with E-state index in [4.69, 9.17) is 0 Å². The standard InChI is InChI=1S/C16H25N3O2/c1-12-7-5-8-13(2)16(12)18-15(21)11-14(20)17-9-6-10-19(3)4/h5,7-8H,6,9-11H2,1-4H3,(H,17,20)(H,18,21). The number of amides is 2. The molecule has 0 atom stereocenters. The molecule has 0 unspecified atom stereocenters. The number of nitrogens with one attached hydrogen (secondary N) is 2. The lowest BCUT2D eigenvalue weighted by molar-refractivity contribution is -0.126. The minimum absolute atomic E-state index is 0.143. The summed E-state index contributed by atoms with van der Waals surface area (Å²) < 4.78 is 0. The smallest absolute Gasteiger partial charge is 0.233 e. The number of carbonyl (C=O) groups is 2. The zero-order valence-corrected chi connectivity index (χ0v) is 13.3. The van der Waals surface area contributed by atoms with E-state index in [1.807, 2.05) is 46.1 Å². The maximum absolute atomic E-state index is 11.9. The maximum atomic E-state index is 11.9. The Kier molecular flexibility index (Phi) is 6.88. The number of para-hydroxylation sites is 1. The van der Waals surface area contributed by atoms with Gasteiger partial charge in [0, 0.05) is 12.2 Å². The van der Waals surface area contributed by atoms with Crippen molar-refractivity contribution in [3.8, 4) is 0 Å². The second-order valence-electron chi connectivity index (χ2n) is 5.50. The van der Waals surface area contributed by atoms with E-state index in [1.54, 1.807) is 0 Å². The van der Waals surface area contributed by atoms with E-state index in [-0.39, 0.29) is 18.2 Å². The summed E-state index contributed by atoms with van der Waals surface area (Å²) in [6, 6.07) is 5.81. The molecule has 0 aliphatic heterocycles. The molecule has 0 aliphatic carbocycles. The molecule has 0 aliphatic rings. The Bertz CT molecular complexity index is 478. The van der Waals surface area contributed by atoms with Crippen LogP contribution in [0.25, 0.3) is 0 Å². The average Bonchev–Trinajstić information content (AvgIpc) is 2.39. The van der Waals surface area contributed by atoms with Gasteiger partial charge in [0.2, 0.25) is 11.8 Å². The molecular formula is C16H25N3O2. The van der Waals surface area contributed by atoms with E-state index in [1.165, 1.54) is 0 Å². The topological polar surface area (TPSA) is 61.4 Å². The summed E-state index contributed by atoms with van der Waals surface area (Å²) in [5.41, 5.74) is 2.78. The van der Waals surface area contributed by atoms with Gasteiger partial charge in [0.1, 0.15) is 6.42 Å². The first kappa shape index (κ1) is 17.2. The van der Waals surface area contributed by atoms with Gasteiger partial charge in [-0.3, -0.25) is 9.59 Å². The average molecular weight is 291 g/mol. The highest BCUT2D eigenvalue weighted by atomic mass is 16.2. The molecule has 2 amide bonds. The van der Waals surface area contributed by atoms with Crippen LogP contribution in [0.15, 0.2) is 18.2 Å². The van der Waals surface area contributed by atoms with Gasteiger partial charge in [-0.05, 0) is 52.0 Å². The quantitative estimate of drug-likeness (QED) is 0.594. The highest BCUT2D eigenvalue weighted by Crippen LogP contribution is 2.19. The molecule has 0 radical (unpaired) electrons. The van der Waals surface area contributed by atoms with Crippen LogP contribution in [0.3, 0.4) is 0 Å². The van der Waals surface area contributed by atoms with Gasteiger partial charge in [0.15, 0.2) is 0 Å². The third-order valence-corrected chi connectivity index (χ3v) is 3.17. The molecule has 0 saturated carbocycles. The number of benzene rings is 1. The largest absolute Gasteiger partial charge is 0.356 e. The van der Waals surface area contributed by atoms with Gasteiger partial charge in [-0.25, -0.2) is 0 Å². The predicted molar refractivity (Wildman–Crippen MR) is 85.3 cm³/mol. The molecule has 0 spiro atoms. The second kappa shape index (κ2) is 8.42. The van der Waals surface area contributed by atoms with Gasteiger partial charge in [-0.1, -0.05) is 18.2 Å². The van der Waals surface area contributed by atoms with Gasteiger partial charge in [-0.15, -0.1) is 0 Å². The minimum Gasteiger partial charge on any atom is -0.356 e. The molecular weight excluding hydrogens is 266 g/mol. The van der Waals surface area contributed by atoms with Crippen molar-refractivity contribution in [1.82, 2.24) is 10.2 Å². The second-order valence-corrected chi connectivity index (χ2v) is 5.50. The van der Waals surface area contributed by atoms with Crippen molar-refractivity contribution >= 4 is 17.5 Å². The molecule has 5 nitrogen and oxygen atoms in total. The third-order valence-electron chi connectivity index (χ3n) is 3.17. The molecule has 0 fully saturated rings. The van der Waals surface area contributed by atoms with E-state index in [2.05, 4.69) is 15.5 Å². The van der Waals surface area contributed by atoms with Crippen LogP contribution in [0, 0.1) is 13.8 Å². The summed E-state index contributed by atoms with van der Waals surface area (Å²) in [5, 5.41) is 5.57.